The number of hydrogen-bond donors (Lipinski definition) is 1. The highest BCUT2D eigenvalue weighted by atomic mass is 16.4. The molecule has 2 aromatic rings. The molecule has 1 saturated carbocycles. The molecule has 1 N–H and O–H groups in total. The molecule has 1 fully saturated rings. The number of carboxylic acids is 1. The summed E-state index contributed by atoms with van der Waals surface area (Å²) in [6, 6.07) is 10.0. The van der Waals surface area contributed by atoms with Gasteiger partial charge in [0.15, 0.2) is 0 Å². The second-order valence-electron chi connectivity index (χ2n) is 5.84. The smallest absolute Gasteiger partial charge is 0.335 e. The molecular formula is C18H19NO4. The van der Waals surface area contributed by atoms with Crippen LogP contribution in [0.5, 0.6) is 0 Å². The van der Waals surface area contributed by atoms with Gasteiger partial charge in [-0.3, -0.25) is 4.79 Å². The summed E-state index contributed by atoms with van der Waals surface area (Å²) in [6.45, 7) is 0.411. The number of carboxylic acid groups (broad SMARTS) is 1. The van der Waals surface area contributed by atoms with Crippen LogP contribution in [0, 0.1) is 0 Å². The van der Waals surface area contributed by atoms with Crippen molar-refractivity contribution in [1.82, 2.24) is 4.90 Å². The largest absolute Gasteiger partial charge is 0.478 e. The first-order valence-electron chi connectivity index (χ1n) is 7.82. The van der Waals surface area contributed by atoms with Gasteiger partial charge in [-0.25, -0.2) is 4.79 Å². The van der Waals surface area contributed by atoms with Gasteiger partial charge in [-0.1, -0.05) is 18.9 Å². The van der Waals surface area contributed by atoms with Crippen LogP contribution in [0.1, 0.15) is 52.2 Å². The predicted molar refractivity (Wildman–Crippen MR) is 84.2 cm³/mol. The predicted octanol–water partition coefficient (Wildman–Crippen LogP) is 3.56. The molecule has 1 aliphatic rings. The first-order chi connectivity index (χ1) is 11.1. The van der Waals surface area contributed by atoms with E-state index in [9.17, 15) is 9.59 Å². The molecule has 1 aliphatic carbocycles. The Morgan fingerprint density at radius 2 is 1.87 bits per heavy atom. The molecule has 0 unspecified atom stereocenters. The average molecular weight is 313 g/mol. The molecular weight excluding hydrogens is 294 g/mol. The van der Waals surface area contributed by atoms with Gasteiger partial charge in [-0.05, 0) is 43.2 Å². The van der Waals surface area contributed by atoms with Crippen LogP contribution in [0.25, 0.3) is 0 Å². The highest BCUT2D eigenvalue weighted by Crippen LogP contribution is 2.27. The number of carbonyl (C=O) groups is 2. The summed E-state index contributed by atoms with van der Waals surface area (Å²) < 4.78 is 5.38. The fraction of sp³-hybridized carbons (Fsp3) is 0.333. The van der Waals surface area contributed by atoms with Crippen LogP contribution in [0.4, 0.5) is 0 Å². The lowest BCUT2D eigenvalue weighted by Crippen LogP contribution is -2.38. The van der Waals surface area contributed by atoms with Gasteiger partial charge in [0.05, 0.1) is 18.4 Å². The van der Waals surface area contributed by atoms with E-state index in [0.717, 1.165) is 31.4 Å². The van der Waals surface area contributed by atoms with Gasteiger partial charge in [0, 0.05) is 11.6 Å². The summed E-state index contributed by atoms with van der Waals surface area (Å²) >= 11 is 0. The Kier molecular flexibility index (Phi) is 4.46. The van der Waals surface area contributed by atoms with Crippen LogP contribution < -0.4 is 0 Å². The SMILES string of the molecule is O=C(O)c1cccc(C(=O)N(Cc2ccco2)C2CCCC2)c1. The second kappa shape index (κ2) is 6.69. The molecule has 23 heavy (non-hydrogen) atoms. The first kappa shape index (κ1) is 15.3. The quantitative estimate of drug-likeness (QED) is 0.916. The molecule has 0 bridgehead atoms. The van der Waals surface area contributed by atoms with Gasteiger partial charge in [0.1, 0.15) is 5.76 Å². The number of aromatic carboxylic acids is 1. The highest BCUT2D eigenvalue weighted by Gasteiger charge is 2.28. The number of benzene rings is 1. The molecule has 1 amide bonds. The van der Waals surface area contributed by atoms with E-state index in [2.05, 4.69) is 0 Å². The number of nitrogens with zero attached hydrogens (tertiary/aromatic N) is 1. The summed E-state index contributed by atoms with van der Waals surface area (Å²) in [4.78, 5) is 25.9. The fourth-order valence-electron chi connectivity index (χ4n) is 3.10. The monoisotopic (exact) mass is 313 g/mol. The molecule has 0 aliphatic heterocycles. The van der Waals surface area contributed by atoms with Crippen LogP contribution in [0.15, 0.2) is 47.1 Å². The Morgan fingerprint density at radius 1 is 1.13 bits per heavy atom. The standard InChI is InChI=1S/C18H19NO4/c20-17(13-5-3-6-14(11-13)18(21)22)19(15-7-1-2-8-15)12-16-9-4-10-23-16/h3-6,9-11,15H,1-2,7-8,12H2,(H,21,22). The van der Waals surface area contributed by atoms with Crippen LogP contribution in [-0.4, -0.2) is 27.9 Å². The van der Waals surface area contributed by atoms with E-state index < -0.39 is 5.97 Å². The van der Waals surface area contributed by atoms with Crippen molar-refractivity contribution in [2.24, 2.45) is 0 Å². The highest BCUT2D eigenvalue weighted by molar-refractivity contribution is 5.97. The minimum atomic E-state index is -1.03. The van der Waals surface area contributed by atoms with Gasteiger partial charge in [-0.15, -0.1) is 0 Å². The van der Waals surface area contributed by atoms with Gasteiger partial charge in [0.25, 0.3) is 5.91 Å². The van der Waals surface area contributed by atoms with E-state index in [1.54, 1.807) is 24.5 Å². The van der Waals surface area contributed by atoms with Crippen molar-refractivity contribution >= 4 is 11.9 Å². The van der Waals surface area contributed by atoms with E-state index in [1.807, 2.05) is 11.0 Å². The minimum Gasteiger partial charge on any atom is -0.478 e. The van der Waals surface area contributed by atoms with Crippen molar-refractivity contribution in [3.05, 3.63) is 59.5 Å². The van der Waals surface area contributed by atoms with Crippen molar-refractivity contribution in [3.63, 3.8) is 0 Å². The average Bonchev–Trinajstić information content (AvgIpc) is 3.25. The van der Waals surface area contributed by atoms with Gasteiger partial charge < -0.3 is 14.4 Å². The number of rotatable bonds is 5. The summed E-state index contributed by atoms with van der Waals surface area (Å²) in [5.74, 6) is -0.436. The van der Waals surface area contributed by atoms with Gasteiger partial charge in [0.2, 0.25) is 0 Å². The summed E-state index contributed by atoms with van der Waals surface area (Å²) in [5.41, 5.74) is 0.531. The van der Waals surface area contributed by atoms with Crippen LogP contribution in [0.2, 0.25) is 0 Å². The lowest BCUT2D eigenvalue weighted by Gasteiger charge is -2.28. The maximum absolute atomic E-state index is 12.9. The molecule has 0 saturated heterocycles. The minimum absolute atomic E-state index is 0.125. The maximum atomic E-state index is 12.9. The first-order valence-corrected chi connectivity index (χ1v) is 7.82. The summed E-state index contributed by atoms with van der Waals surface area (Å²) in [6.07, 6.45) is 5.78. The van der Waals surface area contributed by atoms with Crippen LogP contribution in [0.3, 0.4) is 0 Å². The zero-order chi connectivity index (χ0) is 16.2. The number of furan rings is 1. The molecule has 120 valence electrons. The van der Waals surface area contributed by atoms with E-state index in [1.165, 1.54) is 12.1 Å². The van der Waals surface area contributed by atoms with Crippen LogP contribution in [-0.2, 0) is 6.54 Å². The van der Waals surface area contributed by atoms with Crippen molar-refractivity contribution in [2.45, 2.75) is 38.3 Å². The van der Waals surface area contributed by atoms with Crippen LogP contribution >= 0.6 is 0 Å². The zero-order valence-corrected chi connectivity index (χ0v) is 12.8. The molecule has 1 heterocycles. The van der Waals surface area contributed by atoms with Gasteiger partial charge in [-0.2, -0.15) is 0 Å². The van der Waals surface area contributed by atoms with Crippen molar-refractivity contribution in [3.8, 4) is 0 Å². The molecule has 0 spiro atoms. The van der Waals surface area contributed by atoms with Crippen molar-refractivity contribution in [2.75, 3.05) is 0 Å². The van der Waals surface area contributed by atoms with Crippen molar-refractivity contribution in [1.29, 1.82) is 0 Å². The van der Waals surface area contributed by atoms with Crippen molar-refractivity contribution < 1.29 is 19.1 Å². The Morgan fingerprint density at radius 3 is 2.52 bits per heavy atom. The Balaban J connectivity index is 1.87. The van der Waals surface area contributed by atoms with Gasteiger partial charge >= 0.3 is 5.97 Å². The second-order valence-corrected chi connectivity index (χ2v) is 5.84. The molecule has 5 nitrogen and oxygen atoms in total. The number of hydrogen-bond acceptors (Lipinski definition) is 3. The maximum Gasteiger partial charge on any atom is 0.335 e. The van der Waals surface area contributed by atoms with E-state index in [4.69, 9.17) is 9.52 Å². The van der Waals surface area contributed by atoms with E-state index >= 15 is 0 Å². The third kappa shape index (κ3) is 3.44. The van der Waals surface area contributed by atoms with E-state index in [0.29, 0.717) is 12.1 Å². The van der Waals surface area contributed by atoms with E-state index in [-0.39, 0.29) is 17.5 Å². The summed E-state index contributed by atoms with van der Waals surface area (Å²) in [7, 11) is 0. The number of carbonyl (C=O) groups excluding carboxylic acids is 1. The molecule has 0 atom stereocenters. The molecule has 1 aromatic heterocycles. The summed E-state index contributed by atoms with van der Waals surface area (Å²) in [5, 5.41) is 9.11. The molecule has 0 radical (unpaired) electrons. The third-order valence-corrected chi connectivity index (χ3v) is 4.29. The lowest BCUT2D eigenvalue weighted by molar-refractivity contribution is 0.0649. The Labute approximate surface area is 134 Å². The fourth-order valence-corrected chi connectivity index (χ4v) is 3.10. The topological polar surface area (TPSA) is 70.8 Å². The normalized spacial score (nSPS) is 14.8. The molecule has 1 aromatic carbocycles. The third-order valence-electron chi connectivity index (χ3n) is 4.29. The zero-order valence-electron chi connectivity index (χ0n) is 12.8. The number of amides is 1. The Hall–Kier alpha value is -2.56. The Bertz CT molecular complexity index is 687. The molecule has 3 rings (SSSR count). The molecule has 5 heteroatoms. The lowest BCUT2D eigenvalue weighted by atomic mass is 10.1.